The van der Waals surface area contributed by atoms with Crippen LogP contribution in [0.15, 0.2) is 48.9 Å². The number of thiophene rings is 1. The van der Waals surface area contributed by atoms with Crippen LogP contribution in [-0.4, -0.2) is 25.4 Å². The molecule has 1 aromatic carbocycles. The summed E-state index contributed by atoms with van der Waals surface area (Å²) in [7, 11) is 0. The van der Waals surface area contributed by atoms with E-state index in [4.69, 9.17) is 0 Å². The van der Waals surface area contributed by atoms with Gasteiger partial charge in [0.05, 0.1) is 18.1 Å². The number of rotatable bonds is 4. The SMILES string of the molecule is c1ccc(-c2cc3c(NCc4cn[nH]n4)ncnc3s2)cc1. The van der Waals surface area contributed by atoms with Gasteiger partial charge in [0.25, 0.3) is 0 Å². The number of aromatic nitrogens is 5. The van der Waals surface area contributed by atoms with Gasteiger partial charge in [-0.2, -0.15) is 15.4 Å². The Kier molecular flexibility index (Phi) is 3.24. The number of hydrogen-bond donors (Lipinski definition) is 2. The van der Waals surface area contributed by atoms with E-state index in [-0.39, 0.29) is 0 Å². The Bertz CT molecular complexity index is 885. The molecule has 0 aliphatic carbocycles. The molecule has 0 fully saturated rings. The minimum Gasteiger partial charge on any atom is -0.364 e. The number of H-pyrrole nitrogens is 1. The van der Waals surface area contributed by atoms with Crippen LogP contribution >= 0.6 is 11.3 Å². The van der Waals surface area contributed by atoms with E-state index in [0.29, 0.717) is 6.54 Å². The molecule has 0 radical (unpaired) electrons. The van der Waals surface area contributed by atoms with E-state index < -0.39 is 0 Å². The van der Waals surface area contributed by atoms with Crippen molar-refractivity contribution in [2.45, 2.75) is 6.54 Å². The van der Waals surface area contributed by atoms with Crippen LogP contribution in [0, 0.1) is 0 Å². The van der Waals surface area contributed by atoms with E-state index in [1.165, 1.54) is 10.4 Å². The van der Waals surface area contributed by atoms with Crippen LogP contribution in [0.2, 0.25) is 0 Å². The summed E-state index contributed by atoms with van der Waals surface area (Å²) >= 11 is 1.66. The number of benzene rings is 1. The van der Waals surface area contributed by atoms with Gasteiger partial charge in [-0.1, -0.05) is 30.3 Å². The predicted molar refractivity (Wildman–Crippen MR) is 86.6 cm³/mol. The van der Waals surface area contributed by atoms with Crippen molar-refractivity contribution in [1.82, 2.24) is 25.4 Å². The van der Waals surface area contributed by atoms with Crippen molar-refractivity contribution in [3.63, 3.8) is 0 Å². The zero-order chi connectivity index (χ0) is 14.8. The lowest BCUT2D eigenvalue weighted by atomic mass is 10.2. The van der Waals surface area contributed by atoms with Gasteiger partial charge in [0, 0.05) is 4.88 Å². The van der Waals surface area contributed by atoms with Crippen molar-refractivity contribution in [2.75, 3.05) is 5.32 Å². The second kappa shape index (κ2) is 5.53. The number of nitrogens with zero attached hydrogens (tertiary/aromatic N) is 4. The zero-order valence-corrected chi connectivity index (χ0v) is 12.3. The number of nitrogens with one attached hydrogen (secondary N) is 2. The van der Waals surface area contributed by atoms with Gasteiger partial charge in [-0.05, 0) is 11.6 Å². The molecule has 0 saturated heterocycles. The average molecular weight is 308 g/mol. The van der Waals surface area contributed by atoms with Crippen molar-refractivity contribution in [2.24, 2.45) is 0 Å². The quantitative estimate of drug-likeness (QED) is 0.605. The summed E-state index contributed by atoms with van der Waals surface area (Å²) in [5.41, 5.74) is 2.03. The molecule has 4 rings (SSSR count). The maximum Gasteiger partial charge on any atom is 0.138 e. The van der Waals surface area contributed by atoms with Crippen molar-refractivity contribution in [3.05, 3.63) is 54.6 Å². The highest BCUT2D eigenvalue weighted by molar-refractivity contribution is 7.21. The van der Waals surface area contributed by atoms with Crippen LogP contribution in [0.25, 0.3) is 20.7 Å². The summed E-state index contributed by atoms with van der Waals surface area (Å²) in [6.07, 6.45) is 3.27. The van der Waals surface area contributed by atoms with Crippen LogP contribution in [-0.2, 0) is 6.54 Å². The first-order valence-corrected chi connectivity index (χ1v) is 7.60. The second-order valence-corrected chi connectivity index (χ2v) is 5.76. The van der Waals surface area contributed by atoms with Crippen LogP contribution < -0.4 is 5.32 Å². The van der Waals surface area contributed by atoms with Crippen molar-refractivity contribution >= 4 is 27.4 Å². The Balaban J connectivity index is 1.69. The van der Waals surface area contributed by atoms with E-state index in [9.17, 15) is 0 Å². The molecule has 0 aliphatic heterocycles. The fourth-order valence-electron chi connectivity index (χ4n) is 2.23. The van der Waals surface area contributed by atoms with E-state index >= 15 is 0 Å². The van der Waals surface area contributed by atoms with Crippen molar-refractivity contribution in [1.29, 1.82) is 0 Å². The van der Waals surface area contributed by atoms with Crippen LogP contribution in [0.5, 0.6) is 0 Å². The zero-order valence-electron chi connectivity index (χ0n) is 11.5. The van der Waals surface area contributed by atoms with Gasteiger partial charge in [0.2, 0.25) is 0 Å². The molecule has 7 heteroatoms. The smallest absolute Gasteiger partial charge is 0.138 e. The highest BCUT2D eigenvalue weighted by Crippen LogP contribution is 2.34. The van der Waals surface area contributed by atoms with Crippen LogP contribution in [0.1, 0.15) is 5.69 Å². The third-order valence-corrected chi connectivity index (χ3v) is 4.38. The molecule has 2 N–H and O–H groups in total. The molecule has 6 nitrogen and oxygen atoms in total. The lowest BCUT2D eigenvalue weighted by molar-refractivity contribution is 0.909. The van der Waals surface area contributed by atoms with Gasteiger partial charge in [0.15, 0.2) is 0 Å². The summed E-state index contributed by atoms with van der Waals surface area (Å²) < 4.78 is 0. The topological polar surface area (TPSA) is 79.4 Å². The Morgan fingerprint density at radius 2 is 2.05 bits per heavy atom. The highest BCUT2D eigenvalue weighted by Gasteiger charge is 2.10. The predicted octanol–water partition coefficient (Wildman–Crippen LogP) is 3.09. The molecule has 0 saturated carbocycles. The summed E-state index contributed by atoms with van der Waals surface area (Å²) in [6, 6.07) is 12.4. The summed E-state index contributed by atoms with van der Waals surface area (Å²) in [6.45, 7) is 0.569. The third-order valence-electron chi connectivity index (χ3n) is 3.29. The molecule has 4 aromatic rings. The minimum absolute atomic E-state index is 0.569. The molecule has 3 heterocycles. The second-order valence-electron chi connectivity index (χ2n) is 4.73. The van der Waals surface area contributed by atoms with E-state index in [1.54, 1.807) is 23.9 Å². The standard InChI is InChI=1S/C15H12N6S/c1-2-4-10(5-3-1)13-6-12-14(17-9-18-15(12)22-13)16-7-11-8-19-21-20-11/h1-6,8-9H,7H2,(H,16,17,18)(H,19,20,21). The summed E-state index contributed by atoms with van der Waals surface area (Å²) in [5.74, 6) is 0.812. The first kappa shape index (κ1) is 12.9. The average Bonchev–Trinajstić information content (AvgIpc) is 3.23. The van der Waals surface area contributed by atoms with E-state index in [0.717, 1.165) is 21.7 Å². The van der Waals surface area contributed by atoms with Gasteiger partial charge in [-0.3, -0.25) is 0 Å². The Labute approximate surface area is 130 Å². The maximum atomic E-state index is 4.37. The molecule has 22 heavy (non-hydrogen) atoms. The number of aromatic amines is 1. The fraction of sp³-hybridized carbons (Fsp3) is 0.0667. The van der Waals surface area contributed by atoms with Gasteiger partial charge < -0.3 is 5.32 Å². The van der Waals surface area contributed by atoms with Gasteiger partial charge >= 0.3 is 0 Å². The molecule has 0 bridgehead atoms. The minimum atomic E-state index is 0.569. The summed E-state index contributed by atoms with van der Waals surface area (Å²) in [4.78, 5) is 10.9. The lowest BCUT2D eigenvalue weighted by Gasteiger charge is -2.03. The highest BCUT2D eigenvalue weighted by atomic mass is 32.1. The van der Waals surface area contributed by atoms with Crippen molar-refractivity contribution < 1.29 is 0 Å². The molecule has 0 atom stereocenters. The Morgan fingerprint density at radius 1 is 1.14 bits per heavy atom. The van der Waals surface area contributed by atoms with Gasteiger partial charge in [0.1, 0.15) is 22.7 Å². The van der Waals surface area contributed by atoms with E-state index in [2.05, 4.69) is 48.9 Å². The third kappa shape index (κ3) is 2.42. The van der Waals surface area contributed by atoms with Crippen LogP contribution in [0.3, 0.4) is 0 Å². The largest absolute Gasteiger partial charge is 0.364 e. The van der Waals surface area contributed by atoms with Crippen molar-refractivity contribution in [3.8, 4) is 10.4 Å². The first-order valence-electron chi connectivity index (χ1n) is 6.78. The maximum absolute atomic E-state index is 4.37. The molecule has 0 unspecified atom stereocenters. The van der Waals surface area contributed by atoms with Gasteiger partial charge in [-0.25, -0.2) is 9.97 Å². The number of hydrogen-bond acceptors (Lipinski definition) is 6. The number of anilines is 1. The first-order chi connectivity index (χ1) is 10.9. The molecular weight excluding hydrogens is 296 g/mol. The monoisotopic (exact) mass is 308 g/mol. The van der Waals surface area contributed by atoms with Gasteiger partial charge in [-0.15, -0.1) is 11.3 Å². The van der Waals surface area contributed by atoms with E-state index in [1.807, 2.05) is 18.2 Å². The molecular formula is C15H12N6S. The number of fused-ring (bicyclic) bond motifs is 1. The molecule has 0 amide bonds. The lowest BCUT2D eigenvalue weighted by Crippen LogP contribution is -2.02. The normalized spacial score (nSPS) is 10.9. The van der Waals surface area contributed by atoms with Crippen LogP contribution in [0.4, 0.5) is 5.82 Å². The molecule has 3 aromatic heterocycles. The Morgan fingerprint density at radius 3 is 2.86 bits per heavy atom. The summed E-state index contributed by atoms with van der Waals surface area (Å²) in [5, 5.41) is 14.7. The Hall–Kier alpha value is -2.80. The molecule has 108 valence electrons. The fourth-order valence-corrected chi connectivity index (χ4v) is 3.23. The molecule has 0 aliphatic rings. The molecule has 0 spiro atoms.